The molecule has 0 heterocycles. The summed E-state index contributed by atoms with van der Waals surface area (Å²) in [4.78, 5) is 0. The quantitative estimate of drug-likeness (QED) is 0.860. The van der Waals surface area contributed by atoms with Gasteiger partial charge in [0.1, 0.15) is 0 Å². The van der Waals surface area contributed by atoms with E-state index in [0.717, 1.165) is 5.92 Å². The largest absolute Gasteiger partial charge is 0.326 e. The summed E-state index contributed by atoms with van der Waals surface area (Å²) in [5, 5.41) is 0. The Kier molecular flexibility index (Phi) is 3.39. The Labute approximate surface area is 115 Å². The van der Waals surface area contributed by atoms with Crippen LogP contribution in [0.3, 0.4) is 0 Å². The van der Waals surface area contributed by atoms with E-state index in [4.69, 9.17) is 5.73 Å². The summed E-state index contributed by atoms with van der Waals surface area (Å²) >= 11 is 0. The molecule has 1 aliphatic rings. The monoisotopic (exact) mass is 251 g/mol. The Hall–Kier alpha value is -1.60. The molecule has 0 atom stereocenters. The average molecular weight is 251 g/mol. The highest BCUT2D eigenvalue weighted by Gasteiger charge is 2.19. The average Bonchev–Trinajstić information content (AvgIpc) is 2.38. The molecule has 19 heavy (non-hydrogen) atoms. The van der Waals surface area contributed by atoms with Crippen molar-refractivity contribution in [2.75, 3.05) is 0 Å². The van der Waals surface area contributed by atoms with Gasteiger partial charge in [-0.3, -0.25) is 0 Å². The lowest BCUT2D eigenvalue weighted by Crippen LogP contribution is -2.08. The normalized spacial score (nSPS) is 15.3. The minimum atomic E-state index is 0.605. The highest BCUT2D eigenvalue weighted by atomic mass is 14.5. The van der Waals surface area contributed by atoms with Crippen LogP contribution in [0.4, 0.5) is 0 Å². The maximum atomic E-state index is 5.74. The molecule has 0 spiro atoms. The Morgan fingerprint density at radius 1 is 1.05 bits per heavy atom. The van der Waals surface area contributed by atoms with Gasteiger partial charge in [0.15, 0.2) is 0 Å². The molecular weight excluding hydrogens is 230 g/mol. The van der Waals surface area contributed by atoms with Crippen LogP contribution < -0.4 is 5.73 Å². The molecular formula is C18H21N. The Morgan fingerprint density at radius 2 is 1.79 bits per heavy atom. The highest BCUT2D eigenvalue weighted by molar-refractivity contribution is 5.68. The molecule has 0 aliphatic heterocycles. The van der Waals surface area contributed by atoms with Gasteiger partial charge in [0.25, 0.3) is 0 Å². The lowest BCUT2D eigenvalue weighted by Gasteiger charge is -2.25. The van der Waals surface area contributed by atoms with Crippen LogP contribution in [0.15, 0.2) is 42.5 Å². The first kappa shape index (κ1) is 12.4. The van der Waals surface area contributed by atoms with Crippen molar-refractivity contribution >= 4 is 0 Å². The minimum absolute atomic E-state index is 0.605. The van der Waals surface area contributed by atoms with E-state index in [2.05, 4.69) is 49.4 Å². The van der Waals surface area contributed by atoms with E-state index in [0.29, 0.717) is 6.54 Å². The molecule has 0 aromatic heterocycles. The van der Waals surface area contributed by atoms with Crippen LogP contribution in [0.5, 0.6) is 0 Å². The van der Waals surface area contributed by atoms with Gasteiger partial charge in [-0.05, 0) is 59.6 Å². The molecule has 98 valence electrons. The van der Waals surface area contributed by atoms with E-state index in [9.17, 15) is 0 Å². The number of benzene rings is 2. The smallest absolute Gasteiger partial charge is 0.0178 e. The van der Waals surface area contributed by atoms with Crippen molar-refractivity contribution in [3.63, 3.8) is 0 Å². The molecule has 2 aromatic rings. The molecule has 1 saturated carbocycles. The third kappa shape index (κ3) is 2.43. The Bertz CT molecular complexity index is 565. The molecule has 2 N–H and O–H groups in total. The highest BCUT2D eigenvalue weighted by Crippen LogP contribution is 2.37. The fraction of sp³-hybridized carbons (Fsp3) is 0.333. The predicted octanol–water partition coefficient (Wildman–Crippen LogP) is 4.39. The second kappa shape index (κ2) is 5.18. The second-order valence-corrected chi connectivity index (χ2v) is 5.60. The van der Waals surface area contributed by atoms with Gasteiger partial charge in [0.05, 0.1) is 0 Å². The molecule has 1 heteroatoms. The first-order valence-corrected chi connectivity index (χ1v) is 7.18. The summed E-state index contributed by atoms with van der Waals surface area (Å²) in [6, 6.07) is 15.6. The Morgan fingerprint density at radius 3 is 2.37 bits per heavy atom. The molecule has 0 bridgehead atoms. The second-order valence-electron chi connectivity index (χ2n) is 5.60. The van der Waals surface area contributed by atoms with Crippen molar-refractivity contribution in [1.29, 1.82) is 0 Å². The van der Waals surface area contributed by atoms with E-state index in [1.807, 2.05) is 0 Å². The van der Waals surface area contributed by atoms with Crippen LogP contribution in [0.25, 0.3) is 11.1 Å². The molecule has 0 saturated heterocycles. The summed E-state index contributed by atoms with van der Waals surface area (Å²) in [5.74, 6) is 0.811. The fourth-order valence-electron chi connectivity index (χ4n) is 2.78. The number of rotatable bonds is 3. The van der Waals surface area contributed by atoms with Crippen LogP contribution >= 0.6 is 0 Å². The van der Waals surface area contributed by atoms with Gasteiger partial charge in [0.2, 0.25) is 0 Å². The lowest BCUT2D eigenvalue weighted by molar-refractivity contribution is 0.420. The predicted molar refractivity (Wildman–Crippen MR) is 81.1 cm³/mol. The van der Waals surface area contributed by atoms with Gasteiger partial charge >= 0.3 is 0 Å². The molecule has 3 rings (SSSR count). The van der Waals surface area contributed by atoms with Gasteiger partial charge < -0.3 is 5.73 Å². The van der Waals surface area contributed by atoms with Gasteiger partial charge in [-0.2, -0.15) is 0 Å². The van der Waals surface area contributed by atoms with Crippen molar-refractivity contribution in [3.8, 4) is 11.1 Å². The summed E-state index contributed by atoms with van der Waals surface area (Å²) < 4.78 is 0. The lowest BCUT2D eigenvalue weighted by atomic mass is 9.80. The molecule has 1 aliphatic carbocycles. The molecule has 1 fully saturated rings. The van der Waals surface area contributed by atoms with Gasteiger partial charge in [-0.1, -0.05) is 42.8 Å². The zero-order valence-electron chi connectivity index (χ0n) is 11.5. The molecule has 0 amide bonds. The summed E-state index contributed by atoms with van der Waals surface area (Å²) in [7, 11) is 0. The maximum absolute atomic E-state index is 5.74. The summed E-state index contributed by atoms with van der Waals surface area (Å²) in [5.41, 5.74) is 12.4. The zero-order valence-corrected chi connectivity index (χ0v) is 11.5. The number of aryl methyl sites for hydroxylation is 1. The van der Waals surface area contributed by atoms with Gasteiger partial charge in [-0.25, -0.2) is 0 Å². The summed E-state index contributed by atoms with van der Waals surface area (Å²) in [6.07, 6.45) is 4.12. The van der Waals surface area contributed by atoms with E-state index in [1.165, 1.54) is 47.1 Å². The van der Waals surface area contributed by atoms with E-state index in [-0.39, 0.29) is 0 Å². The van der Waals surface area contributed by atoms with Crippen LogP contribution in [0, 0.1) is 6.92 Å². The summed E-state index contributed by atoms with van der Waals surface area (Å²) in [6.45, 7) is 2.77. The third-order valence-electron chi connectivity index (χ3n) is 4.34. The minimum Gasteiger partial charge on any atom is -0.326 e. The van der Waals surface area contributed by atoms with Crippen molar-refractivity contribution in [1.82, 2.24) is 0 Å². The topological polar surface area (TPSA) is 26.0 Å². The SMILES string of the molecule is Cc1ccc(CN)cc1-c1ccc(C2CCC2)cc1. The van der Waals surface area contributed by atoms with Crippen LogP contribution in [-0.2, 0) is 6.54 Å². The third-order valence-corrected chi connectivity index (χ3v) is 4.34. The van der Waals surface area contributed by atoms with Gasteiger partial charge in [0, 0.05) is 6.54 Å². The van der Waals surface area contributed by atoms with E-state index < -0.39 is 0 Å². The first-order valence-electron chi connectivity index (χ1n) is 7.18. The van der Waals surface area contributed by atoms with Crippen molar-refractivity contribution in [2.45, 2.75) is 38.6 Å². The Balaban J connectivity index is 1.92. The molecule has 0 radical (unpaired) electrons. The zero-order chi connectivity index (χ0) is 13.2. The number of nitrogens with two attached hydrogens (primary N) is 1. The number of hydrogen-bond donors (Lipinski definition) is 1. The number of hydrogen-bond acceptors (Lipinski definition) is 1. The van der Waals surface area contributed by atoms with E-state index in [1.54, 1.807) is 0 Å². The molecule has 2 aromatic carbocycles. The van der Waals surface area contributed by atoms with Crippen molar-refractivity contribution in [3.05, 3.63) is 59.2 Å². The van der Waals surface area contributed by atoms with Crippen molar-refractivity contribution < 1.29 is 0 Å². The molecule has 1 nitrogen and oxygen atoms in total. The van der Waals surface area contributed by atoms with E-state index >= 15 is 0 Å². The maximum Gasteiger partial charge on any atom is 0.0178 e. The van der Waals surface area contributed by atoms with Gasteiger partial charge in [-0.15, -0.1) is 0 Å². The van der Waals surface area contributed by atoms with Crippen molar-refractivity contribution in [2.24, 2.45) is 5.73 Å². The van der Waals surface area contributed by atoms with Crippen LogP contribution in [0.2, 0.25) is 0 Å². The first-order chi connectivity index (χ1) is 9.28. The fourth-order valence-corrected chi connectivity index (χ4v) is 2.78. The standard InChI is InChI=1S/C18H21N/c1-13-5-6-14(12-19)11-18(13)17-9-7-16(8-10-17)15-3-2-4-15/h5-11,15H,2-4,12,19H2,1H3. The van der Waals surface area contributed by atoms with Crippen LogP contribution in [0.1, 0.15) is 41.9 Å². The van der Waals surface area contributed by atoms with Crippen LogP contribution in [-0.4, -0.2) is 0 Å². The molecule has 0 unspecified atom stereocenters.